The molecule has 0 N–H and O–H groups in total. The third-order valence-electron chi connectivity index (χ3n) is 5.66. The lowest BCUT2D eigenvalue weighted by molar-refractivity contribution is -0.0440. The van der Waals surface area contributed by atoms with Crippen molar-refractivity contribution in [3.63, 3.8) is 0 Å². The molecule has 0 radical (unpaired) electrons. The minimum atomic E-state index is -3.67. The van der Waals surface area contributed by atoms with Crippen LogP contribution in [0.5, 0.6) is 5.75 Å². The van der Waals surface area contributed by atoms with E-state index in [1.54, 1.807) is 7.11 Å². The fraction of sp³-hybridized carbons (Fsp3) is 0.417. The molecule has 4 rings (SSSR count). The van der Waals surface area contributed by atoms with Crippen LogP contribution in [0.1, 0.15) is 37.6 Å². The van der Waals surface area contributed by atoms with Crippen LogP contribution in [0.15, 0.2) is 52.4 Å². The molecule has 1 amide bonds. The average molecular weight is 504 g/mol. The lowest BCUT2D eigenvalue weighted by Gasteiger charge is -2.34. The van der Waals surface area contributed by atoms with Crippen molar-refractivity contribution in [1.82, 2.24) is 8.87 Å². The van der Waals surface area contributed by atoms with Gasteiger partial charge in [-0.05, 0) is 56.7 Å². The first-order chi connectivity index (χ1) is 16.2. The van der Waals surface area contributed by atoms with E-state index < -0.39 is 15.9 Å². The highest BCUT2D eigenvalue weighted by Crippen LogP contribution is 2.24. The number of hydrogen-bond donors (Lipinski definition) is 0. The van der Waals surface area contributed by atoms with Crippen LogP contribution in [0, 0.1) is 0 Å². The van der Waals surface area contributed by atoms with Gasteiger partial charge in [-0.25, -0.2) is 8.42 Å². The molecule has 1 fully saturated rings. The second kappa shape index (κ2) is 9.99. The van der Waals surface area contributed by atoms with Crippen molar-refractivity contribution < 1.29 is 22.7 Å². The van der Waals surface area contributed by atoms with Crippen molar-refractivity contribution in [3.8, 4) is 5.75 Å². The van der Waals surface area contributed by atoms with Gasteiger partial charge in [0.2, 0.25) is 10.0 Å². The molecular weight excluding hydrogens is 474 g/mol. The van der Waals surface area contributed by atoms with E-state index in [0.717, 1.165) is 22.4 Å². The van der Waals surface area contributed by atoms with E-state index in [-0.39, 0.29) is 17.1 Å². The number of methoxy groups -OCH3 is 1. The van der Waals surface area contributed by atoms with Crippen LogP contribution < -0.4 is 9.54 Å². The summed E-state index contributed by atoms with van der Waals surface area (Å²) >= 11 is 1.44. The van der Waals surface area contributed by atoms with Gasteiger partial charge in [0.05, 0.1) is 34.4 Å². The smallest absolute Gasteiger partial charge is 0.279 e. The summed E-state index contributed by atoms with van der Waals surface area (Å²) in [6.45, 7) is 7.10. The second-order valence-corrected chi connectivity index (χ2v) is 11.3. The minimum Gasteiger partial charge on any atom is -0.497 e. The average Bonchev–Trinajstić information content (AvgIpc) is 3.14. The maximum Gasteiger partial charge on any atom is 0.279 e. The fourth-order valence-corrected chi connectivity index (χ4v) is 6.72. The first kappa shape index (κ1) is 24.6. The van der Waals surface area contributed by atoms with Gasteiger partial charge in [0, 0.05) is 31.3 Å². The molecule has 182 valence electrons. The molecule has 34 heavy (non-hydrogen) atoms. The number of amides is 1. The highest BCUT2D eigenvalue weighted by atomic mass is 32.2. The molecule has 0 aliphatic carbocycles. The van der Waals surface area contributed by atoms with Gasteiger partial charge in [0.1, 0.15) is 5.75 Å². The Morgan fingerprint density at radius 3 is 2.44 bits per heavy atom. The lowest BCUT2D eigenvalue weighted by Crippen LogP contribution is -2.48. The Bertz CT molecular complexity index is 1350. The Morgan fingerprint density at radius 1 is 1.15 bits per heavy atom. The summed E-state index contributed by atoms with van der Waals surface area (Å²) in [5, 5.41) is 0. The predicted octanol–water partition coefficient (Wildman–Crippen LogP) is 3.66. The van der Waals surface area contributed by atoms with Gasteiger partial charge in [-0.2, -0.15) is 9.30 Å². The molecule has 2 aromatic carbocycles. The Morgan fingerprint density at radius 2 is 1.82 bits per heavy atom. The number of hydrogen-bond acceptors (Lipinski definition) is 6. The van der Waals surface area contributed by atoms with Crippen molar-refractivity contribution in [2.45, 2.75) is 50.8 Å². The number of rotatable bonds is 6. The predicted molar refractivity (Wildman–Crippen MR) is 132 cm³/mol. The number of fused-ring (bicyclic) bond motifs is 1. The fourth-order valence-electron chi connectivity index (χ4n) is 4.10. The molecule has 0 bridgehead atoms. The van der Waals surface area contributed by atoms with E-state index in [1.807, 2.05) is 36.6 Å². The van der Waals surface area contributed by atoms with E-state index in [4.69, 9.17) is 9.47 Å². The first-order valence-corrected chi connectivity index (χ1v) is 13.5. The molecule has 1 aliphatic heterocycles. The highest BCUT2D eigenvalue weighted by molar-refractivity contribution is 7.89. The van der Waals surface area contributed by atoms with E-state index in [2.05, 4.69) is 11.9 Å². The van der Waals surface area contributed by atoms with Crippen molar-refractivity contribution in [1.29, 1.82) is 0 Å². The summed E-state index contributed by atoms with van der Waals surface area (Å²) in [7, 11) is -2.05. The quantitative estimate of drug-likeness (QED) is 0.512. The summed E-state index contributed by atoms with van der Waals surface area (Å²) in [6.07, 6.45) is 0.541. The van der Waals surface area contributed by atoms with Crippen molar-refractivity contribution in [3.05, 3.63) is 52.8 Å². The van der Waals surface area contributed by atoms with Crippen molar-refractivity contribution in [2.75, 3.05) is 20.2 Å². The molecule has 2 unspecified atom stereocenters. The maximum atomic E-state index is 13.1. The number of aryl methyl sites for hydroxylation is 1. The van der Waals surface area contributed by atoms with Gasteiger partial charge in [-0.3, -0.25) is 4.79 Å². The number of benzene rings is 2. The number of morpholine rings is 1. The zero-order chi connectivity index (χ0) is 24.5. The van der Waals surface area contributed by atoms with Crippen LogP contribution in [0.25, 0.3) is 10.2 Å². The molecule has 1 aromatic heterocycles. The molecule has 1 aliphatic rings. The number of carbonyl (C=O) groups excluding carboxylic acids is 1. The summed E-state index contributed by atoms with van der Waals surface area (Å²) in [4.78, 5) is 18.1. The Hall–Kier alpha value is -2.53. The first-order valence-electron chi connectivity index (χ1n) is 11.2. The number of thiazole rings is 1. The van der Waals surface area contributed by atoms with Crippen LogP contribution in [-0.4, -0.2) is 55.6 Å². The summed E-state index contributed by atoms with van der Waals surface area (Å²) < 4.78 is 41.6. The molecule has 3 aromatic rings. The lowest BCUT2D eigenvalue weighted by atomic mass is 10.2. The molecule has 8 nitrogen and oxygen atoms in total. The maximum absolute atomic E-state index is 13.1. The Kier molecular flexibility index (Phi) is 7.22. The molecule has 2 atom stereocenters. The van der Waals surface area contributed by atoms with E-state index in [0.29, 0.717) is 30.0 Å². The van der Waals surface area contributed by atoms with E-state index in [9.17, 15) is 13.2 Å². The van der Waals surface area contributed by atoms with Gasteiger partial charge in [-0.15, -0.1) is 0 Å². The molecule has 0 spiro atoms. The topological polar surface area (TPSA) is 90.2 Å². The van der Waals surface area contributed by atoms with Crippen LogP contribution in [0.4, 0.5) is 0 Å². The van der Waals surface area contributed by atoms with Gasteiger partial charge < -0.3 is 14.0 Å². The number of sulfonamides is 1. The Labute approximate surface area is 203 Å². The van der Waals surface area contributed by atoms with Crippen molar-refractivity contribution in [2.24, 2.45) is 4.99 Å². The third kappa shape index (κ3) is 4.95. The van der Waals surface area contributed by atoms with Gasteiger partial charge in [0.25, 0.3) is 5.91 Å². The zero-order valence-electron chi connectivity index (χ0n) is 19.7. The summed E-state index contributed by atoms with van der Waals surface area (Å²) in [5.41, 5.74) is 1.30. The molecule has 10 heteroatoms. The molecular formula is C24H29N3O5S2. The number of aromatic nitrogens is 1. The minimum absolute atomic E-state index is 0.153. The number of ether oxygens (including phenoxy) is 2. The van der Waals surface area contributed by atoms with Crippen LogP contribution >= 0.6 is 11.3 Å². The standard InChI is InChI=1S/C24H29N3O5S2/c1-5-12-27-21-13-19(31-4)8-11-22(21)33-24(27)25-23(28)18-6-9-20(10-7-18)34(29,30)26-14-16(2)32-17(3)15-26/h6-11,13,16-17H,5,12,14-15H2,1-4H3. The molecule has 0 saturated carbocycles. The van der Waals surface area contributed by atoms with Gasteiger partial charge >= 0.3 is 0 Å². The molecule has 2 heterocycles. The number of nitrogens with zero attached hydrogens (tertiary/aromatic N) is 3. The third-order valence-corrected chi connectivity index (χ3v) is 8.56. The molecule has 1 saturated heterocycles. The number of carbonyl (C=O) groups is 1. The van der Waals surface area contributed by atoms with E-state index >= 15 is 0 Å². The summed E-state index contributed by atoms with van der Waals surface area (Å²) in [5.74, 6) is 0.329. The van der Waals surface area contributed by atoms with Gasteiger partial charge in [0.15, 0.2) is 4.80 Å². The zero-order valence-corrected chi connectivity index (χ0v) is 21.4. The largest absolute Gasteiger partial charge is 0.497 e. The van der Waals surface area contributed by atoms with Crippen LogP contribution in [0.3, 0.4) is 0 Å². The van der Waals surface area contributed by atoms with Crippen molar-refractivity contribution >= 4 is 37.5 Å². The normalized spacial score (nSPS) is 20.1. The second-order valence-electron chi connectivity index (χ2n) is 8.39. The monoisotopic (exact) mass is 503 g/mol. The summed E-state index contributed by atoms with van der Waals surface area (Å²) in [6, 6.07) is 11.8. The van der Waals surface area contributed by atoms with Crippen LogP contribution in [-0.2, 0) is 21.3 Å². The Balaban J connectivity index is 1.63. The van der Waals surface area contributed by atoms with E-state index in [1.165, 1.54) is 39.9 Å². The SMILES string of the molecule is CCCn1c(=NC(=O)c2ccc(S(=O)(=O)N3CC(C)OC(C)C3)cc2)sc2ccc(OC)cc21. The highest BCUT2D eigenvalue weighted by Gasteiger charge is 2.32. The van der Waals surface area contributed by atoms with Crippen LogP contribution in [0.2, 0.25) is 0 Å². The van der Waals surface area contributed by atoms with Gasteiger partial charge in [-0.1, -0.05) is 18.3 Å².